The van der Waals surface area contributed by atoms with Gasteiger partial charge in [-0.2, -0.15) is 0 Å². The van der Waals surface area contributed by atoms with Crippen LogP contribution in [0.15, 0.2) is 0 Å². The molecule has 0 saturated heterocycles. The first-order chi connectivity index (χ1) is 4.68. The van der Waals surface area contributed by atoms with E-state index in [9.17, 15) is 13.0 Å². The number of hydrogen-bond donors (Lipinski definition) is 0. The molecule has 0 rings (SSSR count). The molecule has 12 heteroatoms. The fourth-order valence-electron chi connectivity index (χ4n) is 0. The Kier molecular flexibility index (Phi) is 25.8. The number of rotatable bonds is 1. The molecule has 0 radical (unpaired) electrons. The Morgan fingerprint density at radius 2 is 1.31 bits per heavy atom. The van der Waals surface area contributed by atoms with Crippen LogP contribution in [0.4, 0.5) is 0 Å². The maximum absolute atomic E-state index is 9.76. The molecule has 6 nitrogen and oxygen atoms in total. The smallest absolute Gasteiger partial charge is 0.747 e. The summed E-state index contributed by atoms with van der Waals surface area (Å²) in [7, 11) is -7.65. The molecular weight excluding hydrogens is 485 g/mol. The molecule has 13 heavy (non-hydrogen) atoms. The first kappa shape index (κ1) is 25.2. The molecule has 0 fully saturated rings. The van der Waals surface area contributed by atoms with Gasteiger partial charge in [0.15, 0.2) is 1.26 Å². The minimum atomic E-state index is -4.02. The Morgan fingerprint density at radius 3 is 1.31 bits per heavy atom. The molecule has 0 aliphatic heterocycles. The zero-order valence-electron chi connectivity index (χ0n) is 6.40. The summed E-state index contributed by atoms with van der Waals surface area (Å²) in [5, 5.41) is 0. The monoisotopic (exact) mass is 486 g/mol. The van der Waals surface area contributed by atoms with Crippen molar-refractivity contribution in [3.8, 4) is 0 Å². The van der Waals surface area contributed by atoms with Crippen molar-refractivity contribution in [2.24, 2.45) is 0 Å². The molecule has 0 aliphatic rings. The van der Waals surface area contributed by atoms with Crippen LogP contribution in [0.25, 0.3) is 0 Å². The number of hydrogen-bond acceptors (Lipinski definition) is 6. The van der Waals surface area contributed by atoms with E-state index in [0.29, 0.717) is 0 Å². The van der Waals surface area contributed by atoms with Crippen molar-refractivity contribution in [1.29, 1.82) is 0 Å². The van der Waals surface area contributed by atoms with E-state index >= 15 is 0 Å². The van der Waals surface area contributed by atoms with Gasteiger partial charge in [-0.05, 0) is 0 Å². The Bertz CT molecular complexity index is 215. The normalized spacial score (nSPS) is 8.62. The van der Waals surface area contributed by atoms with Gasteiger partial charge in [-0.25, -0.2) is 8.42 Å². The second-order valence-corrected chi connectivity index (χ2v) is 9.53. The summed E-state index contributed by atoms with van der Waals surface area (Å²) in [5.74, 6) is 0. The maximum Gasteiger partial charge on any atom is 2.00 e. The first-order valence-electron chi connectivity index (χ1n) is 1.78. The van der Waals surface area contributed by atoms with Gasteiger partial charge in [0.1, 0.15) is 10.1 Å². The van der Waals surface area contributed by atoms with Gasteiger partial charge in [-0.1, -0.05) is 45.2 Å². The zero-order valence-corrected chi connectivity index (χ0v) is 16.7. The standard InChI is InChI=1S/CH2I2O3S.Ca.Na.O3Si/c2-1(3)7(4,5)6;;;1-4(2)3/h1H,(H,4,5,6);;;/q;+2;+1;-2/p-1. The summed E-state index contributed by atoms with van der Waals surface area (Å²) >= 11 is 3.07. The van der Waals surface area contributed by atoms with Crippen LogP contribution in [0.3, 0.4) is 0 Å². The molecule has 0 aliphatic carbocycles. The Labute approximate surface area is 156 Å². The van der Waals surface area contributed by atoms with Crippen molar-refractivity contribution < 1.29 is 56.6 Å². The topological polar surface area (TPSA) is 120 Å². The van der Waals surface area contributed by atoms with E-state index < -0.39 is 20.6 Å². The average Bonchev–Trinajstić information content (AvgIpc) is 1.59. The van der Waals surface area contributed by atoms with Gasteiger partial charge in [0, 0.05) is 9.17 Å². The molecular formula is CHCaI2NaO6SSi. The van der Waals surface area contributed by atoms with Crippen molar-refractivity contribution in [1.82, 2.24) is 0 Å². The third-order valence-corrected chi connectivity index (χ3v) is 4.39. The quantitative estimate of drug-likeness (QED) is 0.158. The fourth-order valence-corrected chi connectivity index (χ4v) is 0. The third kappa shape index (κ3) is 31.3. The van der Waals surface area contributed by atoms with Crippen molar-refractivity contribution in [3.05, 3.63) is 0 Å². The van der Waals surface area contributed by atoms with Crippen LogP contribution in [0.5, 0.6) is 0 Å². The molecule has 0 aromatic rings. The van der Waals surface area contributed by atoms with Crippen LogP contribution < -0.4 is 39.1 Å². The SMILES string of the molecule is O=S(=O)([O-])C(I)I.O=[Si]([O-])[O-].[Ca+2].[Na+]. The van der Waals surface area contributed by atoms with E-state index in [2.05, 4.69) is 0 Å². The predicted molar refractivity (Wildman–Crippen MR) is 53.7 cm³/mol. The molecule has 0 heterocycles. The molecule has 0 spiro atoms. The molecule has 0 aromatic carbocycles. The van der Waals surface area contributed by atoms with Gasteiger partial charge >= 0.3 is 67.3 Å². The van der Waals surface area contributed by atoms with Gasteiger partial charge in [-0.15, -0.1) is 0 Å². The zero-order chi connectivity index (χ0) is 9.65. The molecule has 68 valence electrons. The Hall–Kier alpha value is 3.25. The largest absolute Gasteiger partial charge is 2.00 e. The molecule has 0 unspecified atom stereocenters. The minimum Gasteiger partial charge on any atom is -0.747 e. The number of halogens is 2. The second kappa shape index (κ2) is 13.3. The molecule has 0 bridgehead atoms. The molecule has 0 atom stereocenters. The van der Waals surface area contributed by atoms with Crippen LogP contribution in [0.2, 0.25) is 0 Å². The molecule has 0 aromatic heterocycles. The van der Waals surface area contributed by atoms with E-state index in [1.54, 1.807) is 0 Å². The predicted octanol–water partition coefficient (Wildman–Crippen LogP) is -5.57. The molecule has 0 amide bonds. The Balaban J connectivity index is -0.0000000600. The van der Waals surface area contributed by atoms with Crippen molar-refractivity contribution >= 4 is 102 Å². The Morgan fingerprint density at radius 1 is 1.23 bits per heavy atom. The summed E-state index contributed by atoms with van der Waals surface area (Å²) in [6, 6.07) is 0. The van der Waals surface area contributed by atoms with E-state index in [1.165, 1.54) is 45.2 Å². The van der Waals surface area contributed by atoms with Gasteiger partial charge in [-0.3, -0.25) is 0 Å². The fraction of sp³-hybridized carbons (Fsp3) is 1.00. The summed E-state index contributed by atoms with van der Waals surface area (Å²) in [4.78, 5) is 17.0. The van der Waals surface area contributed by atoms with Gasteiger partial charge in [0.2, 0.25) is 0 Å². The molecule has 0 N–H and O–H groups in total. The minimum absolute atomic E-state index is 0. The van der Waals surface area contributed by atoms with Gasteiger partial charge in [0.05, 0.1) is 0 Å². The van der Waals surface area contributed by atoms with Crippen molar-refractivity contribution in [2.75, 3.05) is 0 Å². The summed E-state index contributed by atoms with van der Waals surface area (Å²) in [5.41, 5.74) is 0. The van der Waals surface area contributed by atoms with Gasteiger partial charge in [0.25, 0.3) is 0 Å². The summed E-state index contributed by atoms with van der Waals surface area (Å²) in [6.45, 7) is 0. The first-order valence-corrected chi connectivity index (χ1v) is 6.97. The average molecular weight is 486 g/mol. The van der Waals surface area contributed by atoms with E-state index in [0.717, 1.165) is 0 Å². The second-order valence-electron chi connectivity index (χ2n) is 1.00. The van der Waals surface area contributed by atoms with E-state index in [1.807, 2.05) is 0 Å². The third-order valence-electron chi connectivity index (χ3n) is 0.218. The van der Waals surface area contributed by atoms with Crippen LogP contribution in [-0.4, -0.2) is 61.1 Å². The maximum atomic E-state index is 9.76. The summed E-state index contributed by atoms with van der Waals surface area (Å²) in [6.07, 6.45) is 0. The summed E-state index contributed by atoms with van der Waals surface area (Å²) < 4.78 is 37.0. The van der Waals surface area contributed by atoms with E-state index in [4.69, 9.17) is 14.1 Å². The van der Waals surface area contributed by atoms with Crippen molar-refractivity contribution in [2.45, 2.75) is 1.26 Å². The van der Waals surface area contributed by atoms with Crippen LogP contribution in [0, 0.1) is 0 Å². The van der Waals surface area contributed by atoms with Gasteiger partial charge < -0.3 is 18.6 Å². The van der Waals surface area contributed by atoms with Crippen LogP contribution in [0.1, 0.15) is 0 Å². The molecule has 0 saturated carbocycles. The van der Waals surface area contributed by atoms with Crippen LogP contribution >= 0.6 is 45.2 Å². The van der Waals surface area contributed by atoms with E-state index in [-0.39, 0.29) is 67.3 Å². The van der Waals surface area contributed by atoms with Crippen LogP contribution in [-0.2, 0) is 14.6 Å². The number of alkyl halides is 2. The van der Waals surface area contributed by atoms with Crippen molar-refractivity contribution in [3.63, 3.8) is 0 Å².